The largest absolute Gasteiger partial charge is 0.384 e. The second kappa shape index (κ2) is 4.97. The summed E-state index contributed by atoms with van der Waals surface area (Å²) in [6.45, 7) is 2.10. The molecule has 0 saturated carbocycles. The Morgan fingerprint density at radius 3 is 2.53 bits per heavy atom. The molecular formula is C14H16N2O. The standard InChI is InChI=1S/C14H16N2O/c1-2-10-5-7-11(8-6-10)13(17)12-4-3-9-16-14(12)15/h3-9,13,17H,2H2,1H3,(H2,15,16). The first-order valence-electron chi connectivity index (χ1n) is 5.69. The zero-order valence-corrected chi connectivity index (χ0v) is 9.80. The van der Waals surface area contributed by atoms with E-state index >= 15 is 0 Å². The number of nitrogens with two attached hydrogens (primary N) is 1. The highest BCUT2D eigenvalue weighted by Gasteiger charge is 2.13. The van der Waals surface area contributed by atoms with Crippen LogP contribution in [0.3, 0.4) is 0 Å². The Balaban J connectivity index is 2.30. The summed E-state index contributed by atoms with van der Waals surface area (Å²) in [7, 11) is 0. The Morgan fingerprint density at radius 1 is 1.24 bits per heavy atom. The Labute approximate surface area is 101 Å². The van der Waals surface area contributed by atoms with Crippen molar-refractivity contribution in [3.05, 3.63) is 59.3 Å². The van der Waals surface area contributed by atoms with Crippen LogP contribution in [0.15, 0.2) is 42.6 Å². The van der Waals surface area contributed by atoms with Crippen LogP contribution in [0.1, 0.15) is 29.7 Å². The van der Waals surface area contributed by atoms with Gasteiger partial charge in [0.25, 0.3) is 0 Å². The Hall–Kier alpha value is -1.87. The molecular weight excluding hydrogens is 212 g/mol. The molecule has 1 aromatic heterocycles. The molecule has 2 rings (SSSR count). The van der Waals surface area contributed by atoms with Gasteiger partial charge in [0.15, 0.2) is 0 Å². The van der Waals surface area contributed by atoms with Gasteiger partial charge in [-0.25, -0.2) is 4.98 Å². The molecule has 1 aromatic carbocycles. The molecule has 3 heteroatoms. The zero-order valence-electron chi connectivity index (χ0n) is 9.80. The summed E-state index contributed by atoms with van der Waals surface area (Å²) < 4.78 is 0. The molecule has 0 aliphatic rings. The van der Waals surface area contributed by atoms with Crippen LogP contribution in [0.2, 0.25) is 0 Å². The maximum atomic E-state index is 10.2. The first-order chi connectivity index (χ1) is 8.22. The van der Waals surface area contributed by atoms with Crippen LogP contribution in [-0.4, -0.2) is 10.1 Å². The van der Waals surface area contributed by atoms with E-state index in [1.165, 1.54) is 5.56 Å². The summed E-state index contributed by atoms with van der Waals surface area (Å²) in [5.74, 6) is 0.375. The summed E-state index contributed by atoms with van der Waals surface area (Å²) in [4.78, 5) is 3.98. The number of aryl methyl sites for hydroxylation is 1. The number of hydrogen-bond donors (Lipinski definition) is 2. The lowest BCUT2D eigenvalue weighted by Gasteiger charge is -2.13. The third kappa shape index (κ3) is 2.45. The number of benzene rings is 1. The van der Waals surface area contributed by atoms with Crippen molar-refractivity contribution in [2.75, 3.05) is 5.73 Å². The summed E-state index contributed by atoms with van der Waals surface area (Å²) in [6, 6.07) is 11.5. The van der Waals surface area contributed by atoms with Crippen LogP contribution in [-0.2, 0) is 6.42 Å². The molecule has 88 valence electrons. The second-order valence-corrected chi connectivity index (χ2v) is 3.98. The monoisotopic (exact) mass is 228 g/mol. The van der Waals surface area contributed by atoms with Gasteiger partial charge in [-0.05, 0) is 23.6 Å². The van der Waals surface area contributed by atoms with E-state index in [4.69, 9.17) is 5.73 Å². The topological polar surface area (TPSA) is 59.1 Å². The molecule has 0 saturated heterocycles. The van der Waals surface area contributed by atoms with E-state index in [1.54, 1.807) is 18.3 Å². The van der Waals surface area contributed by atoms with Gasteiger partial charge in [-0.2, -0.15) is 0 Å². The van der Waals surface area contributed by atoms with E-state index in [-0.39, 0.29) is 0 Å². The van der Waals surface area contributed by atoms with Gasteiger partial charge in [0, 0.05) is 11.8 Å². The van der Waals surface area contributed by atoms with Gasteiger partial charge in [-0.3, -0.25) is 0 Å². The average molecular weight is 228 g/mol. The zero-order chi connectivity index (χ0) is 12.3. The number of aliphatic hydroxyl groups excluding tert-OH is 1. The van der Waals surface area contributed by atoms with Gasteiger partial charge >= 0.3 is 0 Å². The molecule has 3 N–H and O–H groups in total. The van der Waals surface area contributed by atoms with Crippen LogP contribution in [0.4, 0.5) is 5.82 Å². The van der Waals surface area contributed by atoms with Crippen LogP contribution < -0.4 is 5.73 Å². The second-order valence-electron chi connectivity index (χ2n) is 3.98. The lowest BCUT2D eigenvalue weighted by molar-refractivity contribution is 0.220. The minimum absolute atomic E-state index is 0.375. The maximum Gasteiger partial charge on any atom is 0.129 e. The Bertz CT molecular complexity index is 494. The fourth-order valence-electron chi connectivity index (χ4n) is 1.78. The van der Waals surface area contributed by atoms with Gasteiger partial charge in [-0.15, -0.1) is 0 Å². The van der Waals surface area contributed by atoms with Gasteiger partial charge < -0.3 is 10.8 Å². The number of pyridine rings is 1. The minimum Gasteiger partial charge on any atom is -0.384 e. The number of nitrogen functional groups attached to an aromatic ring is 1. The molecule has 0 spiro atoms. The van der Waals surface area contributed by atoms with Gasteiger partial charge in [0.05, 0.1) is 0 Å². The van der Waals surface area contributed by atoms with Crippen molar-refractivity contribution in [2.45, 2.75) is 19.4 Å². The SMILES string of the molecule is CCc1ccc(C(O)c2cccnc2N)cc1. The number of rotatable bonds is 3. The summed E-state index contributed by atoms with van der Waals surface area (Å²) in [6.07, 6.45) is 1.89. The van der Waals surface area contributed by atoms with Crippen molar-refractivity contribution in [1.82, 2.24) is 4.98 Å². The quantitative estimate of drug-likeness (QED) is 0.847. The van der Waals surface area contributed by atoms with Gasteiger partial charge in [-0.1, -0.05) is 37.3 Å². The van der Waals surface area contributed by atoms with E-state index in [2.05, 4.69) is 11.9 Å². The first kappa shape index (κ1) is 11.6. The first-order valence-corrected chi connectivity index (χ1v) is 5.69. The number of aliphatic hydroxyl groups is 1. The minimum atomic E-state index is -0.713. The highest BCUT2D eigenvalue weighted by Crippen LogP contribution is 2.25. The van der Waals surface area contributed by atoms with Gasteiger partial charge in [0.2, 0.25) is 0 Å². The molecule has 3 nitrogen and oxygen atoms in total. The third-order valence-electron chi connectivity index (χ3n) is 2.87. The predicted molar refractivity (Wildman–Crippen MR) is 68.5 cm³/mol. The number of anilines is 1. The van der Waals surface area contributed by atoms with Crippen molar-refractivity contribution in [3.63, 3.8) is 0 Å². The number of hydrogen-bond acceptors (Lipinski definition) is 3. The normalized spacial score (nSPS) is 12.4. The molecule has 0 aliphatic heterocycles. The van der Waals surface area contributed by atoms with Crippen molar-refractivity contribution < 1.29 is 5.11 Å². The molecule has 1 heterocycles. The van der Waals surface area contributed by atoms with E-state index < -0.39 is 6.10 Å². The Morgan fingerprint density at radius 2 is 1.94 bits per heavy atom. The predicted octanol–water partition coefficient (Wildman–Crippen LogP) is 2.31. The molecule has 1 unspecified atom stereocenters. The summed E-state index contributed by atoms with van der Waals surface area (Å²) >= 11 is 0. The number of aromatic nitrogens is 1. The van der Waals surface area contributed by atoms with E-state index in [0.29, 0.717) is 11.4 Å². The number of nitrogens with zero attached hydrogens (tertiary/aromatic N) is 1. The van der Waals surface area contributed by atoms with Crippen molar-refractivity contribution in [2.24, 2.45) is 0 Å². The van der Waals surface area contributed by atoms with Crippen LogP contribution in [0, 0.1) is 0 Å². The fraction of sp³-hybridized carbons (Fsp3) is 0.214. The lowest BCUT2D eigenvalue weighted by atomic mass is 10.0. The smallest absolute Gasteiger partial charge is 0.129 e. The van der Waals surface area contributed by atoms with E-state index in [1.807, 2.05) is 24.3 Å². The molecule has 0 fully saturated rings. The van der Waals surface area contributed by atoms with Gasteiger partial charge in [0.1, 0.15) is 11.9 Å². The molecule has 0 radical (unpaired) electrons. The Kier molecular flexibility index (Phi) is 3.40. The molecule has 0 amide bonds. The van der Waals surface area contributed by atoms with E-state index in [9.17, 15) is 5.11 Å². The van der Waals surface area contributed by atoms with Crippen LogP contribution >= 0.6 is 0 Å². The van der Waals surface area contributed by atoms with E-state index in [0.717, 1.165) is 12.0 Å². The highest BCUT2D eigenvalue weighted by atomic mass is 16.3. The van der Waals surface area contributed by atoms with Crippen LogP contribution in [0.5, 0.6) is 0 Å². The van der Waals surface area contributed by atoms with Crippen molar-refractivity contribution in [3.8, 4) is 0 Å². The third-order valence-corrected chi connectivity index (χ3v) is 2.87. The molecule has 0 bridgehead atoms. The molecule has 2 aromatic rings. The fourth-order valence-corrected chi connectivity index (χ4v) is 1.78. The maximum absolute atomic E-state index is 10.2. The van der Waals surface area contributed by atoms with Crippen molar-refractivity contribution >= 4 is 5.82 Å². The average Bonchev–Trinajstić information content (AvgIpc) is 2.39. The highest BCUT2D eigenvalue weighted by molar-refractivity contribution is 5.44. The summed E-state index contributed by atoms with van der Waals surface area (Å²) in [5, 5.41) is 10.2. The molecule has 1 atom stereocenters. The van der Waals surface area contributed by atoms with Crippen molar-refractivity contribution in [1.29, 1.82) is 0 Å². The lowest BCUT2D eigenvalue weighted by Crippen LogP contribution is -2.05. The summed E-state index contributed by atoms with van der Waals surface area (Å²) in [5.41, 5.74) is 8.48. The molecule has 0 aliphatic carbocycles. The molecule has 17 heavy (non-hydrogen) atoms. The van der Waals surface area contributed by atoms with Crippen LogP contribution in [0.25, 0.3) is 0 Å².